The van der Waals surface area contributed by atoms with E-state index < -0.39 is 5.91 Å². The van der Waals surface area contributed by atoms with E-state index in [9.17, 15) is 9.59 Å². The molecule has 0 aromatic heterocycles. The molecule has 8 heteroatoms. The SMILES string of the molecule is CN1CCN(C(=O)c2ccccc2NC(=S)NC(=O)C=Cc2ccccc2Cl)CC1. The van der Waals surface area contributed by atoms with E-state index in [-0.39, 0.29) is 11.0 Å². The number of carbonyl (C=O) groups excluding carboxylic acids is 2. The first kappa shape index (κ1) is 22.0. The molecule has 6 nitrogen and oxygen atoms in total. The highest BCUT2D eigenvalue weighted by Gasteiger charge is 2.22. The summed E-state index contributed by atoms with van der Waals surface area (Å²) in [7, 11) is 2.04. The standard InChI is InChI=1S/C22H23ClN4O2S/c1-26-12-14-27(15-13-26)21(29)17-7-3-5-9-19(17)24-22(30)25-20(28)11-10-16-6-2-4-8-18(16)23/h2-11H,12-15H2,1H3,(H2,24,25,28,30). The normalized spacial score (nSPS) is 14.5. The van der Waals surface area contributed by atoms with E-state index in [0.717, 1.165) is 18.7 Å². The minimum Gasteiger partial charge on any atom is -0.336 e. The van der Waals surface area contributed by atoms with Crippen LogP contribution in [0.1, 0.15) is 15.9 Å². The van der Waals surface area contributed by atoms with Crippen LogP contribution in [0.3, 0.4) is 0 Å². The number of nitrogens with one attached hydrogen (secondary N) is 2. The third kappa shape index (κ3) is 5.89. The number of likely N-dealkylation sites (N-methyl/N-ethyl adjacent to an activating group) is 1. The molecule has 2 amide bonds. The topological polar surface area (TPSA) is 64.7 Å². The van der Waals surface area contributed by atoms with Gasteiger partial charge in [-0.1, -0.05) is 41.9 Å². The lowest BCUT2D eigenvalue weighted by atomic mass is 10.1. The summed E-state index contributed by atoms with van der Waals surface area (Å²) in [4.78, 5) is 29.1. The summed E-state index contributed by atoms with van der Waals surface area (Å²) in [6.07, 6.45) is 2.97. The molecule has 0 saturated carbocycles. The molecule has 156 valence electrons. The monoisotopic (exact) mass is 442 g/mol. The van der Waals surface area contributed by atoms with Crippen molar-refractivity contribution < 1.29 is 9.59 Å². The Morgan fingerprint density at radius 1 is 1.03 bits per heavy atom. The van der Waals surface area contributed by atoms with E-state index in [4.69, 9.17) is 23.8 Å². The van der Waals surface area contributed by atoms with Gasteiger partial charge in [0.25, 0.3) is 5.91 Å². The minimum absolute atomic E-state index is 0.0565. The van der Waals surface area contributed by atoms with Crippen molar-refractivity contribution in [3.8, 4) is 0 Å². The molecule has 3 rings (SSSR count). The summed E-state index contributed by atoms with van der Waals surface area (Å²) in [6, 6.07) is 14.4. The van der Waals surface area contributed by atoms with Crippen molar-refractivity contribution in [2.24, 2.45) is 0 Å². The number of rotatable bonds is 4. The second kappa shape index (κ2) is 10.3. The van der Waals surface area contributed by atoms with Crippen molar-refractivity contribution in [3.05, 3.63) is 70.8 Å². The largest absolute Gasteiger partial charge is 0.336 e. The first-order valence-electron chi connectivity index (χ1n) is 9.55. The second-order valence-electron chi connectivity index (χ2n) is 6.94. The predicted octanol–water partition coefficient (Wildman–Crippen LogP) is 3.25. The lowest BCUT2D eigenvalue weighted by Crippen LogP contribution is -2.47. The maximum Gasteiger partial charge on any atom is 0.256 e. The Morgan fingerprint density at radius 2 is 1.70 bits per heavy atom. The number of nitrogens with zero attached hydrogens (tertiary/aromatic N) is 2. The maximum absolute atomic E-state index is 12.9. The maximum atomic E-state index is 12.9. The third-order valence-electron chi connectivity index (χ3n) is 4.75. The van der Waals surface area contributed by atoms with Gasteiger partial charge in [-0.05, 0) is 49.1 Å². The number of thiocarbonyl (C=S) groups is 1. The summed E-state index contributed by atoms with van der Waals surface area (Å²) < 4.78 is 0. The summed E-state index contributed by atoms with van der Waals surface area (Å²) in [5.74, 6) is -0.450. The van der Waals surface area contributed by atoms with Crippen LogP contribution >= 0.6 is 23.8 Å². The van der Waals surface area contributed by atoms with Crippen LogP contribution in [0.2, 0.25) is 5.02 Å². The molecular formula is C22H23ClN4O2S. The van der Waals surface area contributed by atoms with Crippen LogP contribution in [0, 0.1) is 0 Å². The van der Waals surface area contributed by atoms with Crippen molar-refractivity contribution in [1.82, 2.24) is 15.1 Å². The molecule has 1 fully saturated rings. The molecule has 0 aliphatic carbocycles. The fraction of sp³-hybridized carbons (Fsp3) is 0.227. The smallest absolute Gasteiger partial charge is 0.256 e. The van der Waals surface area contributed by atoms with E-state index in [2.05, 4.69) is 15.5 Å². The van der Waals surface area contributed by atoms with Crippen LogP contribution < -0.4 is 10.6 Å². The fourth-order valence-corrected chi connectivity index (χ4v) is 3.45. The van der Waals surface area contributed by atoms with Crippen molar-refractivity contribution in [2.45, 2.75) is 0 Å². The molecule has 2 aromatic rings. The van der Waals surface area contributed by atoms with Crippen LogP contribution in [0.5, 0.6) is 0 Å². The number of hydrogen-bond acceptors (Lipinski definition) is 4. The number of piperazine rings is 1. The van der Waals surface area contributed by atoms with Crippen LogP contribution in [0.15, 0.2) is 54.6 Å². The number of para-hydroxylation sites is 1. The molecular weight excluding hydrogens is 420 g/mol. The Kier molecular flexibility index (Phi) is 7.57. The molecule has 1 heterocycles. The van der Waals surface area contributed by atoms with Gasteiger partial charge in [0.2, 0.25) is 5.91 Å². The predicted molar refractivity (Wildman–Crippen MR) is 125 cm³/mol. The average Bonchev–Trinajstić information content (AvgIpc) is 2.73. The van der Waals surface area contributed by atoms with Crippen LogP contribution in [0.4, 0.5) is 5.69 Å². The van der Waals surface area contributed by atoms with Gasteiger partial charge in [0, 0.05) is 37.3 Å². The molecule has 1 aliphatic rings. The Balaban J connectivity index is 1.62. The van der Waals surface area contributed by atoms with Gasteiger partial charge in [-0.15, -0.1) is 0 Å². The van der Waals surface area contributed by atoms with Gasteiger partial charge in [0.05, 0.1) is 11.3 Å². The Bertz CT molecular complexity index is 971. The zero-order chi connectivity index (χ0) is 21.5. The summed E-state index contributed by atoms with van der Waals surface area (Å²) in [5.41, 5.74) is 1.81. The van der Waals surface area contributed by atoms with E-state index in [0.29, 0.717) is 29.4 Å². The van der Waals surface area contributed by atoms with Gasteiger partial charge in [-0.25, -0.2) is 0 Å². The summed E-state index contributed by atoms with van der Waals surface area (Å²) in [6.45, 7) is 3.04. The molecule has 0 bridgehead atoms. The number of amides is 2. The second-order valence-corrected chi connectivity index (χ2v) is 7.75. The number of carbonyl (C=O) groups is 2. The third-order valence-corrected chi connectivity index (χ3v) is 5.30. The molecule has 2 aromatic carbocycles. The number of halogens is 1. The van der Waals surface area contributed by atoms with Crippen LogP contribution in [-0.2, 0) is 4.79 Å². The number of anilines is 1. The van der Waals surface area contributed by atoms with E-state index in [1.165, 1.54) is 6.08 Å². The van der Waals surface area contributed by atoms with E-state index in [1.54, 1.807) is 24.3 Å². The Morgan fingerprint density at radius 3 is 2.43 bits per heavy atom. The van der Waals surface area contributed by atoms with Gasteiger partial charge in [0.1, 0.15) is 0 Å². The van der Waals surface area contributed by atoms with E-state index >= 15 is 0 Å². The van der Waals surface area contributed by atoms with E-state index in [1.807, 2.05) is 42.3 Å². The molecule has 2 N–H and O–H groups in total. The lowest BCUT2D eigenvalue weighted by Gasteiger charge is -2.32. The number of hydrogen-bond donors (Lipinski definition) is 2. The molecule has 30 heavy (non-hydrogen) atoms. The highest BCUT2D eigenvalue weighted by molar-refractivity contribution is 7.80. The highest BCUT2D eigenvalue weighted by Crippen LogP contribution is 2.19. The average molecular weight is 443 g/mol. The van der Waals surface area contributed by atoms with Crippen LogP contribution in [0.25, 0.3) is 6.08 Å². The summed E-state index contributed by atoms with van der Waals surface area (Å²) >= 11 is 11.3. The van der Waals surface area contributed by atoms with Gasteiger partial charge >= 0.3 is 0 Å². The molecule has 0 unspecified atom stereocenters. The van der Waals surface area contributed by atoms with Crippen molar-refractivity contribution in [1.29, 1.82) is 0 Å². The lowest BCUT2D eigenvalue weighted by molar-refractivity contribution is -0.115. The molecule has 1 aliphatic heterocycles. The van der Waals surface area contributed by atoms with Gasteiger partial charge in [-0.2, -0.15) is 0 Å². The quantitative estimate of drug-likeness (QED) is 0.562. The Labute approximate surface area is 186 Å². The first-order valence-corrected chi connectivity index (χ1v) is 10.3. The van der Waals surface area contributed by atoms with Crippen molar-refractivity contribution in [2.75, 3.05) is 38.5 Å². The van der Waals surface area contributed by atoms with Gasteiger partial charge in [-0.3, -0.25) is 14.9 Å². The molecule has 0 atom stereocenters. The summed E-state index contributed by atoms with van der Waals surface area (Å²) in [5, 5.41) is 6.22. The van der Waals surface area contributed by atoms with Crippen molar-refractivity contribution in [3.63, 3.8) is 0 Å². The minimum atomic E-state index is -0.393. The van der Waals surface area contributed by atoms with Gasteiger partial charge < -0.3 is 15.1 Å². The molecule has 0 spiro atoms. The molecule has 1 saturated heterocycles. The highest BCUT2D eigenvalue weighted by atomic mass is 35.5. The zero-order valence-corrected chi connectivity index (χ0v) is 18.2. The Hall–Kier alpha value is -2.74. The van der Waals surface area contributed by atoms with Gasteiger partial charge in [0.15, 0.2) is 5.11 Å². The fourth-order valence-electron chi connectivity index (χ4n) is 3.04. The first-order chi connectivity index (χ1) is 14.4. The van der Waals surface area contributed by atoms with Crippen LogP contribution in [-0.4, -0.2) is 60.0 Å². The van der Waals surface area contributed by atoms with Crippen molar-refractivity contribution >= 4 is 52.5 Å². The molecule has 0 radical (unpaired) electrons. The zero-order valence-electron chi connectivity index (χ0n) is 16.6. The number of benzene rings is 2.